The summed E-state index contributed by atoms with van der Waals surface area (Å²) in [6, 6.07) is 5.76. The minimum Gasteiger partial charge on any atom is -0.383 e. The molecule has 0 N–H and O–H groups in total. The van der Waals surface area contributed by atoms with Crippen molar-refractivity contribution in [3.05, 3.63) is 47.0 Å². The highest BCUT2D eigenvalue weighted by Gasteiger charge is 2.18. The van der Waals surface area contributed by atoms with Crippen molar-refractivity contribution < 1.29 is 9.53 Å². The van der Waals surface area contributed by atoms with Gasteiger partial charge in [-0.1, -0.05) is 19.9 Å². The van der Waals surface area contributed by atoms with Crippen LogP contribution in [0.3, 0.4) is 0 Å². The molecular formula is C21H32N4O2. The van der Waals surface area contributed by atoms with Crippen LogP contribution in [0.2, 0.25) is 0 Å². The second-order valence-electron chi connectivity index (χ2n) is 7.35. The summed E-state index contributed by atoms with van der Waals surface area (Å²) >= 11 is 0. The predicted molar refractivity (Wildman–Crippen MR) is 106 cm³/mol. The Kier molecular flexibility index (Phi) is 7.98. The largest absolute Gasteiger partial charge is 0.383 e. The van der Waals surface area contributed by atoms with E-state index < -0.39 is 0 Å². The standard InChI is InChI=1S/C21H32N4O2/c1-16(2)14-25-18(4)20(17(3)23-25)9-10-21(26)24(12-13-27-5)15-19-8-6-7-11-22-19/h6-8,11,16H,9-10,12-15H2,1-5H3. The zero-order chi connectivity index (χ0) is 19.8. The molecular weight excluding hydrogens is 340 g/mol. The average molecular weight is 373 g/mol. The summed E-state index contributed by atoms with van der Waals surface area (Å²) in [6.07, 6.45) is 2.93. The first-order valence-electron chi connectivity index (χ1n) is 9.61. The minimum absolute atomic E-state index is 0.119. The number of methoxy groups -OCH3 is 1. The molecule has 2 aromatic rings. The molecule has 2 rings (SSSR count). The van der Waals surface area contributed by atoms with Crippen molar-refractivity contribution in [2.75, 3.05) is 20.3 Å². The van der Waals surface area contributed by atoms with Gasteiger partial charge < -0.3 is 9.64 Å². The number of hydrogen-bond donors (Lipinski definition) is 0. The minimum atomic E-state index is 0.119. The lowest BCUT2D eigenvalue weighted by Crippen LogP contribution is -2.34. The molecule has 0 saturated heterocycles. The van der Waals surface area contributed by atoms with Gasteiger partial charge >= 0.3 is 0 Å². The van der Waals surface area contributed by atoms with Crippen molar-refractivity contribution in [2.24, 2.45) is 5.92 Å². The van der Waals surface area contributed by atoms with Gasteiger partial charge in [0.25, 0.3) is 0 Å². The highest BCUT2D eigenvalue weighted by molar-refractivity contribution is 5.76. The number of carbonyl (C=O) groups is 1. The van der Waals surface area contributed by atoms with E-state index in [1.165, 1.54) is 11.3 Å². The molecule has 0 bridgehead atoms. The van der Waals surface area contributed by atoms with E-state index in [-0.39, 0.29) is 5.91 Å². The molecule has 2 aromatic heterocycles. The summed E-state index contributed by atoms with van der Waals surface area (Å²) in [5.41, 5.74) is 4.27. The van der Waals surface area contributed by atoms with Crippen molar-refractivity contribution in [3.8, 4) is 0 Å². The fraction of sp³-hybridized carbons (Fsp3) is 0.571. The summed E-state index contributed by atoms with van der Waals surface area (Å²) < 4.78 is 7.24. The molecule has 6 nitrogen and oxygen atoms in total. The maximum absolute atomic E-state index is 12.8. The van der Waals surface area contributed by atoms with Gasteiger partial charge in [0, 0.05) is 38.5 Å². The lowest BCUT2D eigenvalue weighted by atomic mass is 10.1. The van der Waals surface area contributed by atoms with Crippen LogP contribution in [0.15, 0.2) is 24.4 Å². The van der Waals surface area contributed by atoms with Gasteiger partial charge in [-0.2, -0.15) is 5.10 Å². The van der Waals surface area contributed by atoms with Gasteiger partial charge in [-0.05, 0) is 43.9 Å². The topological polar surface area (TPSA) is 60.2 Å². The Hall–Kier alpha value is -2.21. The third-order valence-corrected chi connectivity index (χ3v) is 4.66. The van der Waals surface area contributed by atoms with Crippen LogP contribution < -0.4 is 0 Å². The van der Waals surface area contributed by atoms with E-state index in [4.69, 9.17) is 4.74 Å². The van der Waals surface area contributed by atoms with Crippen LogP contribution in [-0.4, -0.2) is 45.8 Å². The average Bonchev–Trinajstić information content (AvgIpc) is 2.90. The second-order valence-corrected chi connectivity index (χ2v) is 7.35. The van der Waals surface area contributed by atoms with Crippen molar-refractivity contribution >= 4 is 5.91 Å². The monoisotopic (exact) mass is 372 g/mol. The predicted octanol–water partition coefficient (Wildman–Crippen LogP) is 3.16. The van der Waals surface area contributed by atoms with Crippen molar-refractivity contribution in [2.45, 2.75) is 53.6 Å². The van der Waals surface area contributed by atoms with Crippen LogP contribution in [0, 0.1) is 19.8 Å². The first kappa shape index (κ1) is 21.1. The summed E-state index contributed by atoms with van der Waals surface area (Å²) in [7, 11) is 1.65. The number of nitrogens with zero attached hydrogens (tertiary/aromatic N) is 4. The van der Waals surface area contributed by atoms with Crippen LogP contribution in [0.5, 0.6) is 0 Å². The number of amides is 1. The van der Waals surface area contributed by atoms with Gasteiger partial charge in [-0.15, -0.1) is 0 Å². The molecule has 0 fully saturated rings. The molecule has 2 heterocycles. The first-order chi connectivity index (χ1) is 12.9. The molecule has 1 amide bonds. The van der Waals surface area contributed by atoms with E-state index >= 15 is 0 Å². The Labute approximate surface area is 162 Å². The highest BCUT2D eigenvalue weighted by Crippen LogP contribution is 2.17. The molecule has 0 radical (unpaired) electrons. The molecule has 6 heteroatoms. The Morgan fingerprint density at radius 1 is 1.30 bits per heavy atom. The third-order valence-electron chi connectivity index (χ3n) is 4.66. The van der Waals surface area contributed by atoms with Gasteiger partial charge in [-0.25, -0.2) is 0 Å². The number of carbonyl (C=O) groups excluding carboxylic acids is 1. The van der Waals surface area contributed by atoms with E-state index in [0.29, 0.717) is 38.5 Å². The first-order valence-corrected chi connectivity index (χ1v) is 9.61. The van der Waals surface area contributed by atoms with Crippen LogP contribution >= 0.6 is 0 Å². The van der Waals surface area contributed by atoms with Crippen molar-refractivity contribution in [1.82, 2.24) is 19.7 Å². The molecule has 0 aliphatic rings. The van der Waals surface area contributed by atoms with Crippen LogP contribution in [0.25, 0.3) is 0 Å². The molecule has 0 aliphatic heterocycles. The van der Waals surface area contributed by atoms with E-state index in [0.717, 1.165) is 17.9 Å². The molecule has 0 unspecified atom stereocenters. The summed E-state index contributed by atoms with van der Waals surface area (Å²) in [5, 5.41) is 4.65. The number of ether oxygens (including phenoxy) is 1. The third kappa shape index (κ3) is 6.17. The normalized spacial score (nSPS) is 11.2. The molecule has 0 atom stereocenters. The van der Waals surface area contributed by atoms with Crippen molar-refractivity contribution in [3.63, 3.8) is 0 Å². The van der Waals surface area contributed by atoms with E-state index in [9.17, 15) is 4.79 Å². The lowest BCUT2D eigenvalue weighted by molar-refractivity contribution is -0.132. The number of aryl methyl sites for hydroxylation is 1. The van der Waals surface area contributed by atoms with E-state index in [1.54, 1.807) is 13.3 Å². The molecule has 0 aromatic carbocycles. The molecule has 148 valence electrons. The van der Waals surface area contributed by atoms with Gasteiger partial charge in [0.2, 0.25) is 5.91 Å². The van der Waals surface area contributed by atoms with E-state index in [2.05, 4.69) is 35.5 Å². The van der Waals surface area contributed by atoms with Gasteiger partial charge in [-0.3, -0.25) is 14.5 Å². The van der Waals surface area contributed by atoms with Crippen LogP contribution in [0.4, 0.5) is 0 Å². The SMILES string of the molecule is COCCN(Cc1ccccn1)C(=O)CCc1c(C)nn(CC(C)C)c1C. The Morgan fingerprint density at radius 3 is 2.70 bits per heavy atom. The molecule has 0 spiro atoms. The second kappa shape index (κ2) is 10.2. The smallest absolute Gasteiger partial charge is 0.223 e. The Bertz CT molecular complexity index is 725. The van der Waals surface area contributed by atoms with Crippen molar-refractivity contribution in [1.29, 1.82) is 0 Å². The van der Waals surface area contributed by atoms with Gasteiger partial charge in [0.1, 0.15) is 0 Å². The fourth-order valence-corrected chi connectivity index (χ4v) is 3.19. The molecule has 0 saturated carbocycles. The quantitative estimate of drug-likeness (QED) is 0.643. The molecule has 0 aliphatic carbocycles. The van der Waals surface area contributed by atoms with Gasteiger partial charge in [0.15, 0.2) is 0 Å². The highest BCUT2D eigenvalue weighted by atomic mass is 16.5. The summed E-state index contributed by atoms with van der Waals surface area (Å²) in [4.78, 5) is 19.0. The number of rotatable bonds is 10. The summed E-state index contributed by atoms with van der Waals surface area (Å²) in [5.74, 6) is 0.661. The number of aromatic nitrogens is 3. The lowest BCUT2D eigenvalue weighted by Gasteiger charge is -2.22. The zero-order valence-corrected chi connectivity index (χ0v) is 17.2. The molecule has 27 heavy (non-hydrogen) atoms. The maximum Gasteiger partial charge on any atom is 0.223 e. The van der Waals surface area contributed by atoms with Crippen LogP contribution in [-0.2, 0) is 29.0 Å². The fourth-order valence-electron chi connectivity index (χ4n) is 3.19. The number of pyridine rings is 1. The Morgan fingerprint density at radius 2 is 2.07 bits per heavy atom. The van der Waals surface area contributed by atoms with Crippen LogP contribution in [0.1, 0.15) is 42.9 Å². The van der Waals surface area contributed by atoms with Gasteiger partial charge in [0.05, 0.1) is 24.5 Å². The Balaban J connectivity index is 2.03. The maximum atomic E-state index is 12.8. The number of hydrogen-bond acceptors (Lipinski definition) is 4. The zero-order valence-electron chi connectivity index (χ0n) is 17.2. The van der Waals surface area contributed by atoms with E-state index in [1.807, 2.05) is 30.0 Å². The summed E-state index contributed by atoms with van der Waals surface area (Å²) in [6.45, 7) is 11.0.